The van der Waals surface area contributed by atoms with E-state index in [1.54, 1.807) is 6.07 Å². The Balaban J connectivity index is 1.85. The van der Waals surface area contributed by atoms with Crippen LogP contribution in [0.2, 0.25) is 0 Å². The smallest absolute Gasteiger partial charge is 0.137 e. The molecule has 2 fully saturated rings. The number of nitrogens with two attached hydrogens (primary N) is 1. The number of hydrogen-bond acceptors (Lipinski definition) is 2. The van der Waals surface area contributed by atoms with Crippen LogP contribution in [0.25, 0.3) is 0 Å². The summed E-state index contributed by atoms with van der Waals surface area (Å²) in [6.07, 6.45) is 8.01. The van der Waals surface area contributed by atoms with Crippen LogP contribution in [0.15, 0.2) is 22.7 Å². The minimum Gasteiger partial charge on any atom is -0.329 e. The fourth-order valence-corrected chi connectivity index (χ4v) is 4.63. The number of benzene rings is 1. The first-order valence-corrected chi connectivity index (χ1v) is 8.90. The molecule has 1 aliphatic carbocycles. The highest BCUT2D eigenvalue weighted by atomic mass is 79.9. The molecular weight excluding hydrogens is 331 g/mol. The Morgan fingerprint density at radius 3 is 2.76 bits per heavy atom. The lowest BCUT2D eigenvalue weighted by Crippen LogP contribution is -2.50. The SMILES string of the molecule is NCC(c1ccc(F)c(Br)c1)N1CCC[C@H]2CCCC[C@H]21. The molecule has 3 atom stereocenters. The van der Waals surface area contributed by atoms with Crippen LogP contribution in [0.4, 0.5) is 4.39 Å². The first-order valence-electron chi connectivity index (χ1n) is 8.11. The quantitative estimate of drug-likeness (QED) is 0.879. The minimum absolute atomic E-state index is 0.205. The van der Waals surface area contributed by atoms with Gasteiger partial charge in [-0.3, -0.25) is 4.90 Å². The average molecular weight is 355 g/mol. The van der Waals surface area contributed by atoms with Crippen molar-refractivity contribution in [2.45, 2.75) is 50.6 Å². The van der Waals surface area contributed by atoms with Crippen LogP contribution in [0.3, 0.4) is 0 Å². The van der Waals surface area contributed by atoms with Gasteiger partial charge in [0, 0.05) is 18.6 Å². The fourth-order valence-electron chi connectivity index (χ4n) is 4.23. The van der Waals surface area contributed by atoms with E-state index in [0.29, 0.717) is 17.1 Å². The lowest BCUT2D eigenvalue weighted by molar-refractivity contribution is 0.0276. The van der Waals surface area contributed by atoms with Crippen LogP contribution >= 0.6 is 15.9 Å². The van der Waals surface area contributed by atoms with E-state index < -0.39 is 0 Å². The summed E-state index contributed by atoms with van der Waals surface area (Å²) in [6.45, 7) is 1.72. The third-order valence-electron chi connectivity index (χ3n) is 5.24. The summed E-state index contributed by atoms with van der Waals surface area (Å²) >= 11 is 3.30. The molecule has 1 saturated carbocycles. The largest absolute Gasteiger partial charge is 0.329 e. The van der Waals surface area contributed by atoms with Crippen molar-refractivity contribution in [3.8, 4) is 0 Å². The molecule has 2 aliphatic rings. The summed E-state index contributed by atoms with van der Waals surface area (Å²) in [7, 11) is 0. The second kappa shape index (κ2) is 6.76. The molecule has 0 amide bonds. The highest BCUT2D eigenvalue weighted by molar-refractivity contribution is 9.10. The summed E-state index contributed by atoms with van der Waals surface area (Å²) in [6, 6.07) is 6.23. The molecule has 1 aromatic carbocycles. The van der Waals surface area contributed by atoms with Crippen molar-refractivity contribution in [1.82, 2.24) is 4.90 Å². The molecule has 1 unspecified atom stereocenters. The maximum atomic E-state index is 13.5. The molecule has 3 rings (SSSR count). The molecule has 0 radical (unpaired) electrons. The summed E-state index contributed by atoms with van der Waals surface area (Å²) in [5.41, 5.74) is 7.23. The Morgan fingerprint density at radius 1 is 1.24 bits per heavy atom. The van der Waals surface area contributed by atoms with E-state index in [1.807, 2.05) is 12.1 Å². The van der Waals surface area contributed by atoms with Crippen LogP contribution in [-0.4, -0.2) is 24.0 Å². The highest BCUT2D eigenvalue weighted by Gasteiger charge is 2.36. The topological polar surface area (TPSA) is 29.3 Å². The fraction of sp³-hybridized carbons (Fsp3) is 0.647. The third-order valence-corrected chi connectivity index (χ3v) is 5.85. The number of halogens is 2. The summed E-state index contributed by atoms with van der Waals surface area (Å²) in [5, 5.41) is 0. The summed E-state index contributed by atoms with van der Waals surface area (Å²) in [5.74, 6) is 0.633. The zero-order chi connectivity index (χ0) is 14.8. The van der Waals surface area contributed by atoms with Gasteiger partial charge >= 0.3 is 0 Å². The summed E-state index contributed by atoms with van der Waals surface area (Å²) in [4.78, 5) is 2.60. The lowest BCUT2D eigenvalue weighted by Gasteiger charge is -2.47. The van der Waals surface area contributed by atoms with Crippen molar-refractivity contribution in [2.75, 3.05) is 13.1 Å². The van der Waals surface area contributed by atoms with Crippen LogP contribution in [0.5, 0.6) is 0 Å². The van der Waals surface area contributed by atoms with Gasteiger partial charge in [0.1, 0.15) is 5.82 Å². The van der Waals surface area contributed by atoms with Gasteiger partial charge in [0.15, 0.2) is 0 Å². The van der Waals surface area contributed by atoms with Crippen molar-refractivity contribution in [3.63, 3.8) is 0 Å². The second-order valence-corrected chi connectivity index (χ2v) is 7.27. The summed E-state index contributed by atoms with van der Waals surface area (Å²) < 4.78 is 14.0. The van der Waals surface area contributed by atoms with Crippen molar-refractivity contribution >= 4 is 15.9 Å². The number of nitrogens with zero attached hydrogens (tertiary/aromatic N) is 1. The van der Waals surface area contributed by atoms with Gasteiger partial charge in [0.05, 0.1) is 4.47 Å². The first kappa shape index (κ1) is 15.4. The maximum absolute atomic E-state index is 13.5. The van der Waals surface area contributed by atoms with Gasteiger partial charge < -0.3 is 5.73 Å². The lowest BCUT2D eigenvalue weighted by atomic mass is 9.77. The molecule has 116 valence electrons. The van der Waals surface area contributed by atoms with Crippen molar-refractivity contribution < 1.29 is 4.39 Å². The van der Waals surface area contributed by atoms with E-state index in [9.17, 15) is 4.39 Å². The van der Waals surface area contributed by atoms with E-state index in [2.05, 4.69) is 20.8 Å². The molecule has 1 aliphatic heterocycles. The Labute approximate surface area is 135 Å². The van der Waals surface area contributed by atoms with Gasteiger partial charge in [-0.1, -0.05) is 18.9 Å². The number of fused-ring (bicyclic) bond motifs is 1. The molecular formula is C17H24BrFN2. The van der Waals surface area contributed by atoms with Gasteiger partial charge in [0.2, 0.25) is 0 Å². The van der Waals surface area contributed by atoms with Crippen molar-refractivity contribution in [3.05, 3.63) is 34.1 Å². The predicted octanol–water partition coefficient (Wildman–Crippen LogP) is 4.24. The Bertz CT molecular complexity index is 492. The molecule has 21 heavy (non-hydrogen) atoms. The van der Waals surface area contributed by atoms with E-state index >= 15 is 0 Å². The number of piperidine rings is 1. The van der Waals surface area contributed by atoms with Gasteiger partial charge in [-0.2, -0.15) is 0 Å². The standard InChI is InChI=1S/C17H24BrFN2/c18-14-10-13(7-8-15(14)19)17(11-20)21-9-3-5-12-4-1-2-6-16(12)21/h7-8,10,12,16-17H,1-6,9,11,20H2/t12-,16-,17?/m1/s1. The second-order valence-electron chi connectivity index (χ2n) is 6.42. The molecule has 2 N–H and O–H groups in total. The minimum atomic E-state index is -0.205. The molecule has 1 saturated heterocycles. The number of hydrogen-bond donors (Lipinski definition) is 1. The van der Waals surface area contributed by atoms with E-state index in [1.165, 1.54) is 38.5 Å². The Morgan fingerprint density at radius 2 is 2.00 bits per heavy atom. The molecule has 2 nitrogen and oxygen atoms in total. The zero-order valence-electron chi connectivity index (χ0n) is 12.4. The Kier molecular flexibility index (Phi) is 4.97. The average Bonchev–Trinajstić information content (AvgIpc) is 2.52. The van der Waals surface area contributed by atoms with E-state index in [0.717, 1.165) is 18.0 Å². The molecule has 4 heteroatoms. The van der Waals surface area contributed by atoms with Crippen LogP contribution < -0.4 is 5.73 Å². The van der Waals surface area contributed by atoms with Crippen molar-refractivity contribution in [1.29, 1.82) is 0 Å². The van der Waals surface area contributed by atoms with Crippen molar-refractivity contribution in [2.24, 2.45) is 11.7 Å². The monoisotopic (exact) mass is 354 g/mol. The van der Waals surface area contributed by atoms with Gasteiger partial charge in [-0.05, 0) is 71.8 Å². The van der Waals surface area contributed by atoms with Crippen LogP contribution in [0.1, 0.15) is 50.1 Å². The third kappa shape index (κ3) is 3.17. The molecule has 1 heterocycles. The highest BCUT2D eigenvalue weighted by Crippen LogP contribution is 2.39. The predicted molar refractivity (Wildman–Crippen MR) is 87.6 cm³/mol. The molecule has 0 bridgehead atoms. The van der Waals surface area contributed by atoms with Gasteiger partial charge in [0.25, 0.3) is 0 Å². The zero-order valence-corrected chi connectivity index (χ0v) is 14.0. The molecule has 0 aromatic heterocycles. The maximum Gasteiger partial charge on any atom is 0.137 e. The van der Waals surface area contributed by atoms with E-state index in [4.69, 9.17) is 5.73 Å². The van der Waals surface area contributed by atoms with Crippen LogP contribution in [-0.2, 0) is 0 Å². The number of likely N-dealkylation sites (tertiary alicyclic amines) is 1. The van der Waals surface area contributed by atoms with Gasteiger partial charge in [-0.15, -0.1) is 0 Å². The first-order chi connectivity index (χ1) is 10.2. The van der Waals surface area contributed by atoms with E-state index in [-0.39, 0.29) is 11.9 Å². The normalized spacial score (nSPS) is 28.1. The molecule has 1 aromatic rings. The number of rotatable bonds is 3. The van der Waals surface area contributed by atoms with Gasteiger partial charge in [-0.25, -0.2) is 4.39 Å². The Hall–Kier alpha value is -0.450. The molecule has 0 spiro atoms. The van der Waals surface area contributed by atoms with Crippen LogP contribution in [0, 0.1) is 11.7 Å².